The highest BCUT2D eigenvalue weighted by molar-refractivity contribution is 5.77. The molecule has 2 aliphatic rings. The fraction of sp³-hybridized carbons (Fsp3) is 0.444. The number of hydrogen-bond donors (Lipinski definition) is 0. The number of rotatable bonds is 4. The molecule has 1 fully saturated rings. The number of likely N-dealkylation sites (tertiary alicyclic amines) is 1. The Balaban J connectivity index is 1.47. The van der Waals surface area contributed by atoms with Gasteiger partial charge in [0.25, 0.3) is 0 Å². The molecule has 0 bridgehead atoms. The Morgan fingerprint density at radius 3 is 2.96 bits per heavy atom. The Hall–Kier alpha value is -2.50. The molecule has 1 aromatic heterocycles. The molecule has 126 valence electrons. The lowest BCUT2D eigenvalue weighted by molar-refractivity contribution is -0.132. The number of aryl methyl sites for hydroxylation is 1. The highest BCUT2D eigenvalue weighted by atomic mass is 16.6. The van der Waals surface area contributed by atoms with Crippen LogP contribution in [-0.4, -0.2) is 40.3 Å². The summed E-state index contributed by atoms with van der Waals surface area (Å²) in [6.45, 7) is 2.61. The Morgan fingerprint density at radius 1 is 1.25 bits per heavy atom. The van der Waals surface area contributed by atoms with Gasteiger partial charge >= 0.3 is 0 Å². The molecule has 0 N–H and O–H groups in total. The Kier molecular flexibility index (Phi) is 4.11. The number of fused-ring (bicyclic) bond motifs is 1. The molecule has 0 spiro atoms. The molecule has 0 radical (unpaired) electrons. The number of benzene rings is 1. The molecule has 1 amide bonds. The molecular formula is C18H21N3O3. The van der Waals surface area contributed by atoms with E-state index >= 15 is 0 Å². The summed E-state index contributed by atoms with van der Waals surface area (Å²) in [7, 11) is 0. The lowest BCUT2D eigenvalue weighted by atomic mass is 10.0. The molecule has 0 aliphatic carbocycles. The molecule has 3 heterocycles. The van der Waals surface area contributed by atoms with Gasteiger partial charge < -0.3 is 14.4 Å². The summed E-state index contributed by atoms with van der Waals surface area (Å²) in [5, 5.41) is 4.16. The van der Waals surface area contributed by atoms with Gasteiger partial charge in [0.05, 0.1) is 6.04 Å². The van der Waals surface area contributed by atoms with Gasteiger partial charge in [-0.25, -0.2) is 0 Å². The molecule has 0 unspecified atom stereocenters. The SMILES string of the molecule is O=C(CCn1cccn1)N1CCC[C@H]1c1ccc2c(c1)OCCO2. The molecular weight excluding hydrogens is 306 g/mol. The van der Waals surface area contributed by atoms with Gasteiger partial charge in [0.15, 0.2) is 11.5 Å². The fourth-order valence-electron chi connectivity index (χ4n) is 3.47. The maximum Gasteiger partial charge on any atom is 0.224 e. The zero-order valence-electron chi connectivity index (χ0n) is 13.6. The minimum absolute atomic E-state index is 0.131. The van der Waals surface area contributed by atoms with E-state index in [-0.39, 0.29) is 11.9 Å². The van der Waals surface area contributed by atoms with Gasteiger partial charge in [0.1, 0.15) is 13.2 Å². The van der Waals surface area contributed by atoms with Crippen molar-refractivity contribution in [1.82, 2.24) is 14.7 Å². The standard InChI is InChI=1S/C18H21N3O3/c22-18(6-10-20-8-2-7-19-20)21-9-1-3-15(21)14-4-5-16-17(13-14)24-12-11-23-16/h2,4-5,7-8,13,15H,1,3,6,9-12H2/t15-/m0/s1. The van der Waals surface area contributed by atoms with E-state index in [1.807, 2.05) is 29.3 Å². The van der Waals surface area contributed by atoms with E-state index in [2.05, 4.69) is 11.2 Å². The summed E-state index contributed by atoms with van der Waals surface area (Å²) in [6.07, 6.45) is 6.12. The van der Waals surface area contributed by atoms with E-state index in [1.165, 1.54) is 0 Å². The van der Waals surface area contributed by atoms with Crippen molar-refractivity contribution in [3.8, 4) is 11.5 Å². The Morgan fingerprint density at radius 2 is 2.12 bits per heavy atom. The number of aromatic nitrogens is 2. The van der Waals surface area contributed by atoms with E-state index < -0.39 is 0 Å². The molecule has 0 saturated carbocycles. The van der Waals surface area contributed by atoms with Crippen LogP contribution in [0.5, 0.6) is 11.5 Å². The fourth-order valence-corrected chi connectivity index (χ4v) is 3.47. The Labute approximate surface area is 141 Å². The van der Waals surface area contributed by atoms with Gasteiger partial charge in [-0.2, -0.15) is 5.10 Å². The first-order valence-electron chi connectivity index (χ1n) is 8.48. The third-order valence-corrected chi connectivity index (χ3v) is 4.64. The van der Waals surface area contributed by atoms with Crippen LogP contribution in [0.25, 0.3) is 0 Å². The van der Waals surface area contributed by atoms with Crippen molar-refractivity contribution < 1.29 is 14.3 Å². The second-order valence-corrected chi connectivity index (χ2v) is 6.17. The van der Waals surface area contributed by atoms with Crippen LogP contribution in [-0.2, 0) is 11.3 Å². The normalized spacial score (nSPS) is 19.5. The van der Waals surface area contributed by atoms with Gasteiger partial charge in [-0.1, -0.05) is 6.07 Å². The smallest absolute Gasteiger partial charge is 0.224 e. The predicted molar refractivity (Wildman–Crippen MR) is 88.0 cm³/mol. The first kappa shape index (κ1) is 15.1. The molecule has 6 nitrogen and oxygen atoms in total. The average molecular weight is 327 g/mol. The average Bonchev–Trinajstić information content (AvgIpc) is 3.31. The van der Waals surface area contributed by atoms with Crippen molar-refractivity contribution in [2.75, 3.05) is 19.8 Å². The molecule has 24 heavy (non-hydrogen) atoms. The topological polar surface area (TPSA) is 56.6 Å². The number of hydrogen-bond acceptors (Lipinski definition) is 4. The lowest BCUT2D eigenvalue weighted by Crippen LogP contribution is -2.31. The zero-order valence-corrected chi connectivity index (χ0v) is 13.6. The van der Waals surface area contributed by atoms with Crippen molar-refractivity contribution in [3.05, 3.63) is 42.2 Å². The highest BCUT2D eigenvalue weighted by Crippen LogP contribution is 2.38. The number of carbonyl (C=O) groups is 1. The first-order valence-corrected chi connectivity index (χ1v) is 8.48. The molecule has 1 saturated heterocycles. The quantitative estimate of drug-likeness (QED) is 0.865. The number of amides is 1. The van der Waals surface area contributed by atoms with E-state index in [0.717, 1.165) is 36.4 Å². The minimum atomic E-state index is 0.131. The van der Waals surface area contributed by atoms with Gasteiger partial charge in [0, 0.05) is 31.9 Å². The summed E-state index contributed by atoms with van der Waals surface area (Å²) in [6, 6.07) is 8.04. The van der Waals surface area contributed by atoms with Crippen LogP contribution < -0.4 is 9.47 Å². The van der Waals surface area contributed by atoms with Gasteiger partial charge in [-0.3, -0.25) is 9.48 Å². The minimum Gasteiger partial charge on any atom is -0.486 e. The van der Waals surface area contributed by atoms with Gasteiger partial charge in [0.2, 0.25) is 5.91 Å². The third-order valence-electron chi connectivity index (χ3n) is 4.64. The third kappa shape index (κ3) is 2.96. The summed E-state index contributed by atoms with van der Waals surface area (Å²) < 4.78 is 13.1. The van der Waals surface area contributed by atoms with E-state index in [9.17, 15) is 4.79 Å². The van der Waals surface area contributed by atoms with E-state index in [1.54, 1.807) is 10.9 Å². The Bertz CT molecular complexity index is 714. The summed E-state index contributed by atoms with van der Waals surface area (Å²) in [5.74, 6) is 1.76. The van der Waals surface area contributed by atoms with Crippen LogP contribution in [0.2, 0.25) is 0 Å². The molecule has 1 atom stereocenters. The van der Waals surface area contributed by atoms with E-state index in [0.29, 0.717) is 26.2 Å². The molecule has 2 aromatic rings. The zero-order chi connectivity index (χ0) is 16.4. The van der Waals surface area contributed by atoms with Gasteiger partial charge in [-0.15, -0.1) is 0 Å². The van der Waals surface area contributed by atoms with Gasteiger partial charge in [-0.05, 0) is 36.6 Å². The number of nitrogens with zero attached hydrogens (tertiary/aromatic N) is 3. The number of ether oxygens (including phenoxy) is 2. The maximum absolute atomic E-state index is 12.6. The molecule has 4 rings (SSSR count). The van der Waals surface area contributed by atoms with Crippen molar-refractivity contribution in [2.45, 2.75) is 31.8 Å². The first-order chi connectivity index (χ1) is 11.8. The summed E-state index contributed by atoms with van der Waals surface area (Å²) >= 11 is 0. The van der Waals surface area contributed by atoms with E-state index in [4.69, 9.17) is 9.47 Å². The maximum atomic E-state index is 12.6. The van der Waals surface area contributed by atoms with Crippen molar-refractivity contribution in [3.63, 3.8) is 0 Å². The summed E-state index contributed by atoms with van der Waals surface area (Å²) in [5.41, 5.74) is 1.13. The van der Waals surface area contributed by atoms with Crippen molar-refractivity contribution in [1.29, 1.82) is 0 Å². The van der Waals surface area contributed by atoms with Crippen LogP contribution in [0, 0.1) is 0 Å². The van der Waals surface area contributed by atoms with Crippen LogP contribution in [0.15, 0.2) is 36.7 Å². The van der Waals surface area contributed by atoms with Crippen molar-refractivity contribution >= 4 is 5.91 Å². The molecule has 2 aliphatic heterocycles. The molecule has 6 heteroatoms. The molecule has 1 aromatic carbocycles. The van der Waals surface area contributed by atoms with Crippen LogP contribution in [0.4, 0.5) is 0 Å². The highest BCUT2D eigenvalue weighted by Gasteiger charge is 2.30. The second-order valence-electron chi connectivity index (χ2n) is 6.17. The summed E-state index contributed by atoms with van der Waals surface area (Å²) in [4.78, 5) is 14.6. The second kappa shape index (κ2) is 6.55. The predicted octanol–water partition coefficient (Wildman–Crippen LogP) is 2.41. The van der Waals surface area contributed by atoms with Crippen molar-refractivity contribution in [2.24, 2.45) is 0 Å². The monoisotopic (exact) mass is 327 g/mol. The van der Waals surface area contributed by atoms with Crippen LogP contribution in [0.3, 0.4) is 0 Å². The lowest BCUT2D eigenvalue weighted by Gasteiger charge is -2.27. The largest absolute Gasteiger partial charge is 0.486 e. The van der Waals surface area contributed by atoms with Crippen LogP contribution >= 0.6 is 0 Å². The van der Waals surface area contributed by atoms with Crippen LogP contribution in [0.1, 0.15) is 30.9 Å². The number of carbonyl (C=O) groups excluding carboxylic acids is 1.